The molecule has 1 atom stereocenters. The van der Waals surface area contributed by atoms with Gasteiger partial charge in [0.1, 0.15) is 5.82 Å². The number of sulfonamides is 1. The molecule has 0 spiro atoms. The molecule has 3 aromatic carbocycles. The summed E-state index contributed by atoms with van der Waals surface area (Å²) in [7, 11) is -3.68. The lowest BCUT2D eigenvalue weighted by Crippen LogP contribution is -2.46. The molecule has 1 aliphatic rings. The maximum absolute atomic E-state index is 13.5. The molecule has 0 saturated heterocycles. The fraction of sp³-hybridized carbons (Fsp3) is 0.174. The van der Waals surface area contributed by atoms with Crippen molar-refractivity contribution in [2.75, 3.05) is 13.1 Å². The van der Waals surface area contributed by atoms with Crippen LogP contribution in [0.15, 0.2) is 77.7 Å². The SMILES string of the molecule is Cc1ccc(S(=O)(=O)NCCNC2(c3ccc(F)cc3)OC(=O)c3ccccc32)cc1. The van der Waals surface area contributed by atoms with Crippen LogP contribution in [0.5, 0.6) is 0 Å². The van der Waals surface area contributed by atoms with Crippen LogP contribution in [0.2, 0.25) is 0 Å². The minimum Gasteiger partial charge on any atom is -0.431 e. The van der Waals surface area contributed by atoms with Gasteiger partial charge in [-0.2, -0.15) is 0 Å². The van der Waals surface area contributed by atoms with Gasteiger partial charge in [0.25, 0.3) is 0 Å². The topological polar surface area (TPSA) is 84.5 Å². The molecule has 0 aliphatic carbocycles. The third kappa shape index (κ3) is 4.10. The van der Waals surface area contributed by atoms with Gasteiger partial charge >= 0.3 is 5.97 Å². The number of rotatable bonds is 7. The first kappa shape index (κ1) is 21.2. The lowest BCUT2D eigenvalue weighted by molar-refractivity contribution is -0.00440. The van der Waals surface area contributed by atoms with Crippen molar-refractivity contribution in [1.29, 1.82) is 0 Å². The lowest BCUT2D eigenvalue weighted by atomic mass is 9.92. The molecule has 6 nitrogen and oxygen atoms in total. The monoisotopic (exact) mass is 440 g/mol. The van der Waals surface area contributed by atoms with E-state index < -0.39 is 27.5 Å². The van der Waals surface area contributed by atoms with Crippen LogP contribution < -0.4 is 10.0 Å². The van der Waals surface area contributed by atoms with Crippen molar-refractivity contribution in [3.8, 4) is 0 Å². The summed E-state index contributed by atoms with van der Waals surface area (Å²) in [5.41, 5.74) is 1.15. The summed E-state index contributed by atoms with van der Waals surface area (Å²) < 4.78 is 46.8. The van der Waals surface area contributed by atoms with Crippen molar-refractivity contribution in [3.63, 3.8) is 0 Å². The second kappa shape index (κ2) is 8.22. The number of benzene rings is 3. The highest BCUT2D eigenvalue weighted by atomic mass is 32.2. The number of esters is 1. The third-order valence-corrected chi connectivity index (χ3v) is 6.62. The summed E-state index contributed by atoms with van der Waals surface area (Å²) in [6.45, 7) is 2.09. The molecule has 4 rings (SSSR count). The Morgan fingerprint density at radius 3 is 2.32 bits per heavy atom. The average molecular weight is 440 g/mol. The molecule has 1 unspecified atom stereocenters. The summed E-state index contributed by atoms with van der Waals surface area (Å²) in [6.07, 6.45) is 0. The first-order valence-corrected chi connectivity index (χ1v) is 11.2. The smallest absolute Gasteiger partial charge is 0.340 e. The quantitative estimate of drug-likeness (QED) is 0.436. The van der Waals surface area contributed by atoms with Gasteiger partial charge in [-0.25, -0.2) is 22.3 Å². The van der Waals surface area contributed by atoms with Gasteiger partial charge in [0.15, 0.2) is 0 Å². The van der Waals surface area contributed by atoms with Gasteiger partial charge in [-0.15, -0.1) is 0 Å². The second-order valence-corrected chi connectivity index (χ2v) is 9.03. The lowest BCUT2D eigenvalue weighted by Gasteiger charge is -2.30. The van der Waals surface area contributed by atoms with Gasteiger partial charge in [-0.05, 0) is 37.3 Å². The van der Waals surface area contributed by atoms with E-state index >= 15 is 0 Å². The number of halogens is 1. The number of hydrogen-bond donors (Lipinski definition) is 2. The van der Waals surface area contributed by atoms with Crippen LogP contribution in [0.25, 0.3) is 0 Å². The molecular formula is C23H21FN2O4S. The number of carbonyl (C=O) groups excluding carboxylic acids is 1. The minimum absolute atomic E-state index is 0.0544. The molecule has 160 valence electrons. The zero-order chi connectivity index (χ0) is 22.1. The van der Waals surface area contributed by atoms with Crippen LogP contribution in [0.1, 0.15) is 27.0 Å². The molecule has 0 bridgehead atoms. The molecule has 3 aromatic rings. The standard InChI is InChI=1S/C23H21FN2O4S/c1-16-6-12-19(13-7-16)31(28,29)26-15-14-25-23(17-8-10-18(24)11-9-17)21-5-3-2-4-20(21)22(27)30-23/h2-13,25-26H,14-15H2,1H3. The van der Waals surface area contributed by atoms with Crippen LogP contribution in [-0.2, 0) is 20.5 Å². The minimum atomic E-state index is -3.68. The summed E-state index contributed by atoms with van der Waals surface area (Å²) >= 11 is 0. The maximum atomic E-state index is 13.5. The predicted molar refractivity (Wildman–Crippen MR) is 113 cm³/mol. The van der Waals surface area contributed by atoms with E-state index in [1.807, 2.05) is 6.92 Å². The fourth-order valence-electron chi connectivity index (χ4n) is 3.57. The second-order valence-electron chi connectivity index (χ2n) is 7.26. The molecule has 0 aromatic heterocycles. The van der Waals surface area contributed by atoms with Crippen molar-refractivity contribution in [2.24, 2.45) is 0 Å². The molecule has 2 N–H and O–H groups in total. The van der Waals surface area contributed by atoms with Gasteiger partial charge in [0, 0.05) is 24.2 Å². The van der Waals surface area contributed by atoms with Crippen molar-refractivity contribution < 1.29 is 22.3 Å². The fourth-order valence-corrected chi connectivity index (χ4v) is 4.61. The molecule has 1 heterocycles. The van der Waals surface area contributed by atoms with Crippen LogP contribution in [0, 0.1) is 12.7 Å². The van der Waals surface area contributed by atoms with Crippen LogP contribution in [0.4, 0.5) is 4.39 Å². The van der Waals surface area contributed by atoms with E-state index in [-0.39, 0.29) is 18.0 Å². The van der Waals surface area contributed by atoms with Crippen molar-refractivity contribution >= 4 is 16.0 Å². The van der Waals surface area contributed by atoms with Gasteiger partial charge in [-0.3, -0.25) is 5.32 Å². The number of nitrogens with one attached hydrogen (secondary N) is 2. The van der Waals surface area contributed by atoms with Gasteiger partial charge < -0.3 is 4.74 Å². The number of ether oxygens (including phenoxy) is 1. The van der Waals surface area contributed by atoms with Crippen molar-refractivity contribution in [2.45, 2.75) is 17.5 Å². The number of fused-ring (bicyclic) bond motifs is 1. The van der Waals surface area contributed by atoms with Gasteiger partial charge in [-0.1, -0.05) is 48.0 Å². The van der Waals surface area contributed by atoms with Gasteiger partial charge in [0.05, 0.1) is 10.5 Å². The summed E-state index contributed by atoms with van der Waals surface area (Å²) in [5.74, 6) is -0.921. The largest absolute Gasteiger partial charge is 0.431 e. The van der Waals surface area contributed by atoms with Crippen molar-refractivity contribution in [1.82, 2.24) is 10.0 Å². The number of carbonyl (C=O) groups is 1. The zero-order valence-corrected chi connectivity index (χ0v) is 17.6. The Balaban J connectivity index is 1.55. The molecule has 0 radical (unpaired) electrons. The van der Waals surface area contributed by atoms with E-state index in [0.717, 1.165) is 5.56 Å². The Bertz CT molecular complexity index is 1210. The predicted octanol–water partition coefficient (Wildman–Crippen LogP) is 3.07. The molecule has 0 fully saturated rings. The third-order valence-electron chi connectivity index (χ3n) is 5.15. The van der Waals surface area contributed by atoms with E-state index in [1.165, 1.54) is 24.3 Å². The normalized spacial score (nSPS) is 17.9. The number of cyclic esters (lactones) is 1. The average Bonchev–Trinajstić information content (AvgIpc) is 3.05. The highest BCUT2D eigenvalue weighted by Gasteiger charge is 2.46. The Morgan fingerprint density at radius 1 is 0.935 bits per heavy atom. The Kier molecular flexibility index (Phi) is 5.62. The van der Waals surface area contributed by atoms with Crippen LogP contribution in [-0.4, -0.2) is 27.5 Å². The molecule has 1 aliphatic heterocycles. The van der Waals surface area contributed by atoms with Gasteiger partial charge in [0.2, 0.25) is 15.7 Å². The summed E-state index contributed by atoms with van der Waals surface area (Å²) in [4.78, 5) is 12.6. The van der Waals surface area contributed by atoms with Crippen LogP contribution in [0.3, 0.4) is 0 Å². The Morgan fingerprint density at radius 2 is 1.61 bits per heavy atom. The van der Waals surface area contributed by atoms with E-state index in [2.05, 4.69) is 10.0 Å². The van der Waals surface area contributed by atoms with Crippen molar-refractivity contribution in [3.05, 3.63) is 101 Å². The molecular weight excluding hydrogens is 419 g/mol. The molecule has 31 heavy (non-hydrogen) atoms. The van der Waals surface area contributed by atoms with E-state index in [1.54, 1.807) is 48.5 Å². The number of aryl methyl sites for hydroxylation is 1. The Hall–Kier alpha value is -3.07. The maximum Gasteiger partial charge on any atom is 0.340 e. The zero-order valence-electron chi connectivity index (χ0n) is 16.8. The summed E-state index contributed by atoms with van der Waals surface area (Å²) in [6, 6.07) is 19.1. The first-order chi connectivity index (χ1) is 14.8. The van der Waals surface area contributed by atoms with E-state index in [0.29, 0.717) is 16.7 Å². The highest BCUT2D eigenvalue weighted by Crippen LogP contribution is 2.39. The number of hydrogen-bond acceptors (Lipinski definition) is 5. The highest BCUT2D eigenvalue weighted by molar-refractivity contribution is 7.89. The molecule has 0 saturated carbocycles. The van der Waals surface area contributed by atoms with Crippen LogP contribution >= 0.6 is 0 Å². The van der Waals surface area contributed by atoms with E-state index in [4.69, 9.17) is 4.74 Å². The molecule has 8 heteroatoms. The first-order valence-electron chi connectivity index (χ1n) is 9.72. The Labute approximate surface area is 180 Å². The van der Waals surface area contributed by atoms with E-state index in [9.17, 15) is 17.6 Å². The molecule has 0 amide bonds. The summed E-state index contributed by atoms with van der Waals surface area (Å²) in [5, 5.41) is 3.16.